The summed E-state index contributed by atoms with van der Waals surface area (Å²) in [6, 6.07) is 6.48. The smallest absolute Gasteiger partial charge is 0.422 e. The molecule has 2 aromatic rings. The minimum atomic E-state index is -5.06. The third-order valence-corrected chi connectivity index (χ3v) is 4.62. The van der Waals surface area contributed by atoms with E-state index in [-0.39, 0.29) is 19.4 Å². The predicted octanol–water partition coefficient (Wildman–Crippen LogP) is 5.87. The van der Waals surface area contributed by atoms with Gasteiger partial charge in [-0.15, -0.1) is 0 Å². The third-order valence-electron chi connectivity index (χ3n) is 4.62. The number of hydrogen-bond acceptors (Lipinski definition) is 4. The lowest BCUT2D eigenvalue weighted by atomic mass is 9.95. The highest BCUT2D eigenvalue weighted by Crippen LogP contribution is 2.49. The standard InChI is InChI=1S/C19H17F5N2O3/c1-18(21)9-4-10-25(11-18)17-13(26(27)28)7-8-15(16(17)19(22,23)24)29-14-6-3-2-5-12(14)20/h2-3,5-8H,4,9-11H2,1H3/t18-/m1/s1. The van der Waals surface area contributed by atoms with Crippen molar-refractivity contribution in [2.45, 2.75) is 31.6 Å². The van der Waals surface area contributed by atoms with Crippen LogP contribution in [-0.2, 0) is 6.18 Å². The van der Waals surface area contributed by atoms with Crippen LogP contribution in [0.1, 0.15) is 25.3 Å². The number of ether oxygens (including phenoxy) is 1. The lowest BCUT2D eigenvalue weighted by Crippen LogP contribution is -2.44. The first-order chi connectivity index (χ1) is 13.5. The number of nitro groups is 1. The van der Waals surface area contributed by atoms with E-state index in [1.54, 1.807) is 0 Å². The lowest BCUT2D eigenvalue weighted by molar-refractivity contribution is -0.384. The fourth-order valence-electron chi connectivity index (χ4n) is 3.42. The van der Waals surface area contributed by atoms with Gasteiger partial charge in [0.15, 0.2) is 11.6 Å². The monoisotopic (exact) mass is 416 g/mol. The molecule has 1 saturated heterocycles. The van der Waals surface area contributed by atoms with Crippen molar-refractivity contribution in [2.75, 3.05) is 18.0 Å². The maximum absolute atomic E-state index is 14.5. The Kier molecular flexibility index (Phi) is 5.38. The minimum absolute atomic E-state index is 0.00653. The Bertz CT molecular complexity index is 931. The van der Waals surface area contributed by atoms with Crippen molar-refractivity contribution in [3.05, 3.63) is 57.9 Å². The van der Waals surface area contributed by atoms with Gasteiger partial charge in [-0.25, -0.2) is 8.78 Å². The average molecular weight is 416 g/mol. The van der Waals surface area contributed by atoms with Crippen LogP contribution in [0.25, 0.3) is 0 Å². The number of rotatable bonds is 4. The van der Waals surface area contributed by atoms with Crippen LogP contribution < -0.4 is 9.64 Å². The molecule has 0 N–H and O–H groups in total. The zero-order chi connectivity index (χ0) is 21.4. The first-order valence-electron chi connectivity index (χ1n) is 8.74. The second-order valence-corrected chi connectivity index (χ2v) is 7.03. The second-order valence-electron chi connectivity index (χ2n) is 7.03. The molecule has 3 rings (SSSR count). The molecule has 2 aromatic carbocycles. The van der Waals surface area contributed by atoms with Crippen molar-refractivity contribution in [1.29, 1.82) is 0 Å². The first kappa shape index (κ1) is 20.8. The van der Waals surface area contributed by atoms with E-state index < -0.39 is 57.6 Å². The molecule has 1 heterocycles. The van der Waals surface area contributed by atoms with Gasteiger partial charge < -0.3 is 9.64 Å². The van der Waals surface area contributed by atoms with Gasteiger partial charge in [0.05, 0.1) is 11.5 Å². The number of nitrogens with zero attached hydrogens (tertiary/aromatic N) is 2. The van der Waals surface area contributed by atoms with E-state index in [9.17, 15) is 32.1 Å². The Morgan fingerprint density at radius 3 is 2.45 bits per heavy atom. The van der Waals surface area contributed by atoms with Crippen LogP contribution in [0.5, 0.6) is 11.5 Å². The van der Waals surface area contributed by atoms with Crippen LogP contribution in [0, 0.1) is 15.9 Å². The summed E-state index contributed by atoms with van der Waals surface area (Å²) in [4.78, 5) is 11.5. The summed E-state index contributed by atoms with van der Waals surface area (Å²) in [6.45, 7) is 0.796. The largest absolute Gasteiger partial charge is 0.454 e. The van der Waals surface area contributed by atoms with Crippen molar-refractivity contribution in [3.63, 3.8) is 0 Å². The summed E-state index contributed by atoms with van der Waals surface area (Å²) in [7, 11) is 0. The lowest BCUT2D eigenvalue weighted by Gasteiger charge is -2.37. The van der Waals surface area contributed by atoms with E-state index >= 15 is 0 Å². The molecule has 1 fully saturated rings. The van der Waals surface area contributed by atoms with Gasteiger partial charge in [-0.3, -0.25) is 10.1 Å². The summed E-state index contributed by atoms with van der Waals surface area (Å²) in [5, 5.41) is 11.4. The molecule has 1 aliphatic heterocycles. The molecule has 0 spiro atoms. The van der Waals surface area contributed by atoms with Gasteiger partial charge in [-0.1, -0.05) is 12.1 Å². The van der Waals surface area contributed by atoms with Crippen molar-refractivity contribution in [1.82, 2.24) is 0 Å². The maximum atomic E-state index is 14.5. The highest BCUT2D eigenvalue weighted by Gasteiger charge is 2.44. The van der Waals surface area contributed by atoms with Crippen LogP contribution in [0.3, 0.4) is 0 Å². The molecule has 0 amide bonds. The Morgan fingerprint density at radius 2 is 1.86 bits per heavy atom. The highest BCUT2D eigenvalue weighted by molar-refractivity contribution is 5.73. The number of hydrogen-bond donors (Lipinski definition) is 0. The van der Waals surface area contributed by atoms with Gasteiger partial charge in [-0.2, -0.15) is 13.2 Å². The molecule has 0 saturated carbocycles. The first-order valence-corrected chi connectivity index (χ1v) is 8.74. The van der Waals surface area contributed by atoms with Crippen molar-refractivity contribution >= 4 is 11.4 Å². The molecule has 0 aliphatic carbocycles. The zero-order valence-corrected chi connectivity index (χ0v) is 15.3. The third kappa shape index (κ3) is 4.41. The number of benzene rings is 2. The van der Waals surface area contributed by atoms with Gasteiger partial charge in [0.25, 0.3) is 5.69 Å². The van der Waals surface area contributed by atoms with Crippen LogP contribution in [-0.4, -0.2) is 23.7 Å². The highest BCUT2D eigenvalue weighted by atomic mass is 19.4. The van der Waals surface area contributed by atoms with E-state index in [2.05, 4.69) is 0 Å². The Balaban J connectivity index is 2.21. The molecule has 156 valence electrons. The fourth-order valence-corrected chi connectivity index (χ4v) is 3.42. The minimum Gasteiger partial charge on any atom is -0.454 e. The number of anilines is 1. The molecule has 0 unspecified atom stereocenters. The molecular weight excluding hydrogens is 399 g/mol. The van der Waals surface area contributed by atoms with Crippen LogP contribution in [0.15, 0.2) is 36.4 Å². The summed E-state index contributed by atoms with van der Waals surface area (Å²) in [5.41, 5.74) is -4.85. The summed E-state index contributed by atoms with van der Waals surface area (Å²) < 4.78 is 75.5. The van der Waals surface area contributed by atoms with Crippen LogP contribution in [0.4, 0.5) is 33.3 Å². The summed E-state index contributed by atoms with van der Waals surface area (Å²) in [5.74, 6) is -2.16. The van der Waals surface area contributed by atoms with E-state index in [4.69, 9.17) is 4.74 Å². The Labute approximate surface area is 162 Å². The maximum Gasteiger partial charge on any atom is 0.422 e. The Morgan fingerprint density at radius 1 is 1.17 bits per heavy atom. The molecule has 1 aliphatic rings. The molecule has 29 heavy (non-hydrogen) atoms. The SMILES string of the molecule is C[C@@]1(F)CCCN(c2c([N+](=O)[O-])ccc(Oc3ccccc3F)c2C(F)(F)F)C1. The molecule has 0 bridgehead atoms. The Hall–Kier alpha value is -2.91. The van der Waals surface area contributed by atoms with Crippen molar-refractivity contribution < 1.29 is 31.6 Å². The summed E-state index contributed by atoms with van der Waals surface area (Å²) >= 11 is 0. The van der Waals surface area contributed by atoms with E-state index in [1.807, 2.05) is 0 Å². The summed E-state index contributed by atoms with van der Waals surface area (Å²) in [6.07, 6.45) is -4.71. The predicted molar refractivity (Wildman–Crippen MR) is 95.5 cm³/mol. The van der Waals surface area contributed by atoms with E-state index in [0.29, 0.717) is 0 Å². The molecule has 5 nitrogen and oxygen atoms in total. The second kappa shape index (κ2) is 7.49. The van der Waals surface area contributed by atoms with Gasteiger partial charge in [0.2, 0.25) is 0 Å². The topological polar surface area (TPSA) is 55.6 Å². The number of alkyl halides is 4. The van der Waals surface area contributed by atoms with Gasteiger partial charge >= 0.3 is 6.18 Å². The zero-order valence-electron chi connectivity index (χ0n) is 15.3. The van der Waals surface area contributed by atoms with Crippen LogP contribution in [0.2, 0.25) is 0 Å². The molecule has 10 heteroatoms. The average Bonchev–Trinajstić information content (AvgIpc) is 2.61. The molecule has 1 atom stereocenters. The molecule has 0 radical (unpaired) electrons. The number of piperidine rings is 1. The van der Waals surface area contributed by atoms with E-state index in [0.717, 1.165) is 29.2 Å². The number of para-hydroxylation sites is 1. The molecule has 0 aromatic heterocycles. The molecular formula is C19H17F5N2O3. The van der Waals surface area contributed by atoms with Crippen molar-refractivity contribution in [2.24, 2.45) is 0 Å². The normalized spacial score (nSPS) is 19.9. The van der Waals surface area contributed by atoms with E-state index in [1.165, 1.54) is 19.1 Å². The number of nitro benzene ring substituents is 1. The fraction of sp³-hybridized carbons (Fsp3) is 0.368. The van der Waals surface area contributed by atoms with Gasteiger partial charge in [0.1, 0.15) is 22.7 Å². The van der Waals surface area contributed by atoms with Crippen LogP contribution >= 0.6 is 0 Å². The number of halogens is 5. The quantitative estimate of drug-likeness (QED) is 0.355. The van der Waals surface area contributed by atoms with Crippen molar-refractivity contribution in [3.8, 4) is 11.5 Å². The van der Waals surface area contributed by atoms with Gasteiger partial charge in [0, 0.05) is 12.6 Å². The van der Waals surface area contributed by atoms with Gasteiger partial charge in [-0.05, 0) is 38.0 Å².